The van der Waals surface area contributed by atoms with E-state index in [2.05, 4.69) is 10.4 Å². The van der Waals surface area contributed by atoms with Gasteiger partial charge in [0.1, 0.15) is 0 Å². The fraction of sp³-hybridized carbons (Fsp3) is 0.556. The molecular weight excluding hydrogens is 202 g/mol. The molecule has 1 N–H and O–H groups in total. The van der Waals surface area contributed by atoms with Gasteiger partial charge in [0, 0.05) is 25.5 Å². The molecule has 14 heavy (non-hydrogen) atoms. The predicted molar refractivity (Wildman–Crippen MR) is 56.6 cm³/mol. The van der Waals surface area contributed by atoms with Crippen LogP contribution < -0.4 is 5.32 Å². The van der Waals surface area contributed by atoms with Crippen LogP contribution in [0.1, 0.15) is 19.0 Å². The van der Waals surface area contributed by atoms with Gasteiger partial charge in [-0.1, -0.05) is 6.92 Å². The molecule has 1 aromatic rings. The predicted octanol–water partition coefficient (Wildman–Crippen LogP) is 1.55. The third-order valence-corrected chi connectivity index (χ3v) is 2.02. The Balaban J connectivity index is 2.70. The minimum absolute atomic E-state index is 0.0669. The van der Waals surface area contributed by atoms with Crippen molar-refractivity contribution in [1.29, 1.82) is 0 Å². The van der Waals surface area contributed by atoms with Crippen molar-refractivity contribution in [3.63, 3.8) is 0 Å². The number of carbonyl (C=O) groups is 1. The minimum Gasteiger partial charge on any atom is -0.323 e. The van der Waals surface area contributed by atoms with E-state index < -0.39 is 0 Å². The van der Waals surface area contributed by atoms with Crippen molar-refractivity contribution in [2.24, 2.45) is 7.05 Å². The number of alkyl halides is 1. The Morgan fingerprint density at radius 1 is 1.71 bits per heavy atom. The molecule has 1 rings (SSSR count). The maximum atomic E-state index is 11.3. The fourth-order valence-electron chi connectivity index (χ4n) is 1.20. The molecule has 1 amide bonds. The van der Waals surface area contributed by atoms with Gasteiger partial charge in [0.25, 0.3) is 0 Å². The molecule has 0 spiro atoms. The SMILES string of the molecule is CCc1nn(C)cc1NC(=O)CCCl. The lowest BCUT2D eigenvalue weighted by atomic mass is 10.3. The molecule has 0 saturated heterocycles. The molecule has 0 saturated carbocycles. The number of carbonyl (C=O) groups excluding carboxylic acids is 1. The molecule has 0 atom stereocenters. The largest absolute Gasteiger partial charge is 0.323 e. The molecule has 4 nitrogen and oxygen atoms in total. The molecule has 0 radical (unpaired) electrons. The van der Waals surface area contributed by atoms with E-state index in [0.717, 1.165) is 17.8 Å². The number of rotatable bonds is 4. The average Bonchev–Trinajstić information content (AvgIpc) is 2.46. The number of hydrogen-bond acceptors (Lipinski definition) is 2. The standard InChI is InChI=1S/C9H14ClN3O/c1-3-7-8(6-13(2)12-7)11-9(14)4-5-10/h6H,3-5H2,1-2H3,(H,11,14). The molecule has 0 unspecified atom stereocenters. The van der Waals surface area contributed by atoms with E-state index in [1.54, 1.807) is 10.9 Å². The van der Waals surface area contributed by atoms with Crippen LogP contribution in [0.4, 0.5) is 5.69 Å². The Labute approximate surface area is 88.2 Å². The van der Waals surface area contributed by atoms with Crippen molar-refractivity contribution in [3.05, 3.63) is 11.9 Å². The molecule has 0 fully saturated rings. The summed E-state index contributed by atoms with van der Waals surface area (Å²) < 4.78 is 1.69. The van der Waals surface area contributed by atoms with Crippen molar-refractivity contribution in [1.82, 2.24) is 9.78 Å². The van der Waals surface area contributed by atoms with Gasteiger partial charge in [-0.15, -0.1) is 11.6 Å². The van der Waals surface area contributed by atoms with E-state index in [0.29, 0.717) is 12.3 Å². The van der Waals surface area contributed by atoms with Gasteiger partial charge in [0.2, 0.25) is 5.91 Å². The van der Waals surface area contributed by atoms with Crippen LogP contribution in [-0.2, 0) is 18.3 Å². The van der Waals surface area contributed by atoms with E-state index in [4.69, 9.17) is 11.6 Å². The maximum absolute atomic E-state index is 11.3. The maximum Gasteiger partial charge on any atom is 0.225 e. The molecule has 5 heteroatoms. The third-order valence-electron chi connectivity index (χ3n) is 1.84. The topological polar surface area (TPSA) is 46.9 Å². The Morgan fingerprint density at radius 3 is 3.00 bits per heavy atom. The van der Waals surface area contributed by atoms with Gasteiger partial charge >= 0.3 is 0 Å². The number of amides is 1. The number of nitrogens with zero attached hydrogens (tertiary/aromatic N) is 2. The van der Waals surface area contributed by atoms with Crippen LogP contribution in [0.25, 0.3) is 0 Å². The lowest BCUT2D eigenvalue weighted by Gasteiger charge is -2.01. The zero-order valence-corrected chi connectivity index (χ0v) is 9.14. The molecular formula is C9H14ClN3O. The lowest BCUT2D eigenvalue weighted by Crippen LogP contribution is -2.12. The van der Waals surface area contributed by atoms with Gasteiger partial charge < -0.3 is 5.32 Å². The second kappa shape index (κ2) is 5.00. The summed E-state index contributed by atoms with van der Waals surface area (Å²) in [7, 11) is 1.83. The van der Waals surface area contributed by atoms with Gasteiger partial charge in [-0.05, 0) is 6.42 Å². The molecule has 0 aromatic carbocycles. The lowest BCUT2D eigenvalue weighted by molar-refractivity contribution is -0.115. The average molecular weight is 216 g/mol. The van der Waals surface area contributed by atoms with Crippen LogP contribution in [-0.4, -0.2) is 21.6 Å². The highest BCUT2D eigenvalue weighted by molar-refractivity contribution is 6.19. The summed E-state index contributed by atoms with van der Waals surface area (Å²) in [5.74, 6) is 0.274. The monoisotopic (exact) mass is 215 g/mol. The highest BCUT2D eigenvalue weighted by atomic mass is 35.5. The summed E-state index contributed by atoms with van der Waals surface area (Å²) >= 11 is 5.46. The Kier molecular flexibility index (Phi) is 3.95. The second-order valence-corrected chi connectivity index (χ2v) is 3.38. The Bertz CT molecular complexity index is 322. The van der Waals surface area contributed by atoms with Crippen molar-refractivity contribution in [3.8, 4) is 0 Å². The Morgan fingerprint density at radius 2 is 2.43 bits per heavy atom. The zero-order valence-electron chi connectivity index (χ0n) is 8.38. The van der Waals surface area contributed by atoms with E-state index in [1.165, 1.54) is 0 Å². The van der Waals surface area contributed by atoms with Crippen LogP contribution in [0.15, 0.2) is 6.20 Å². The number of aromatic nitrogens is 2. The van der Waals surface area contributed by atoms with E-state index in [-0.39, 0.29) is 5.91 Å². The van der Waals surface area contributed by atoms with Crippen LogP contribution in [0, 0.1) is 0 Å². The minimum atomic E-state index is -0.0669. The first-order valence-corrected chi connectivity index (χ1v) is 5.09. The van der Waals surface area contributed by atoms with Crippen LogP contribution in [0.3, 0.4) is 0 Å². The van der Waals surface area contributed by atoms with Gasteiger partial charge in [-0.25, -0.2) is 0 Å². The molecule has 78 valence electrons. The third kappa shape index (κ3) is 2.73. The molecule has 1 aromatic heterocycles. The summed E-state index contributed by atoms with van der Waals surface area (Å²) in [5, 5.41) is 6.99. The first-order chi connectivity index (χ1) is 6.67. The molecule has 0 aliphatic carbocycles. The molecule has 0 aliphatic rings. The van der Waals surface area contributed by atoms with Crippen LogP contribution in [0.5, 0.6) is 0 Å². The summed E-state index contributed by atoms with van der Waals surface area (Å²) in [5.41, 5.74) is 1.68. The molecule has 0 bridgehead atoms. The van der Waals surface area contributed by atoms with Crippen molar-refractivity contribution < 1.29 is 4.79 Å². The molecule has 0 aliphatic heterocycles. The summed E-state index contributed by atoms with van der Waals surface area (Å²) in [6, 6.07) is 0. The number of aryl methyl sites for hydroxylation is 2. The summed E-state index contributed by atoms with van der Waals surface area (Å²) in [4.78, 5) is 11.3. The van der Waals surface area contributed by atoms with E-state index in [9.17, 15) is 4.79 Å². The first-order valence-electron chi connectivity index (χ1n) is 4.55. The quantitative estimate of drug-likeness (QED) is 0.775. The Hall–Kier alpha value is -1.03. The van der Waals surface area contributed by atoms with Crippen molar-refractivity contribution in [2.75, 3.05) is 11.2 Å². The highest BCUT2D eigenvalue weighted by Crippen LogP contribution is 2.13. The van der Waals surface area contributed by atoms with Gasteiger partial charge in [-0.3, -0.25) is 9.48 Å². The summed E-state index contributed by atoms with van der Waals surface area (Å²) in [6.45, 7) is 2.00. The second-order valence-electron chi connectivity index (χ2n) is 3.00. The van der Waals surface area contributed by atoms with Crippen molar-refractivity contribution in [2.45, 2.75) is 19.8 Å². The normalized spacial score (nSPS) is 10.2. The molecule has 1 heterocycles. The highest BCUT2D eigenvalue weighted by Gasteiger charge is 2.08. The smallest absolute Gasteiger partial charge is 0.225 e. The van der Waals surface area contributed by atoms with Gasteiger partial charge in [0.05, 0.1) is 11.4 Å². The van der Waals surface area contributed by atoms with Gasteiger partial charge in [-0.2, -0.15) is 5.10 Å². The summed E-state index contributed by atoms with van der Waals surface area (Å²) in [6.07, 6.45) is 2.93. The number of hydrogen-bond donors (Lipinski definition) is 1. The zero-order chi connectivity index (χ0) is 10.6. The van der Waals surface area contributed by atoms with Crippen LogP contribution >= 0.6 is 11.6 Å². The number of halogens is 1. The first kappa shape index (κ1) is 11.0. The van der Waals surface area contributed by atoms with Crippen molar-refractivity contribution >= 4 is 23.2 Å². The van der Waals surface area contributed by atoms with Crippen LogP contribution in [0.2, 0.25) is 0 Å². The van der Waals surface area contributed by atoms with E-state index in [1.807, 2.05) is 14.0 Å². The fourth-order valence-corrected chi connectivity index (χ4v) is 1.37. The number of anilines is 1. The van der Waals surface area contributed by atoms with E-state index >= 15 is 0 Å². The number of nitrogens with one attached hydrogen (secondary N) is 1. The van der Waals surface area contributed by atoms with Gasteiger partial charge in [0.15, 0.2) is 0 Å².